The van der Waals surface area contributed by atoms with Gasteiger partial charge in [0.1, 0.15) is 11.5 Å². The van der Waals surface area contributed by atoms with E-state index < -0.39 is 0 Å². The quantitative estimate of drug-likeness (QED) is 0.790. The predicted octanol–water partition coefficient (Wildman–Crippen LogP) is 2.64. The highest BCUT2D eigenvalue weighted by Gasteiger charge is 2.16. The van der Waals surface area contributed by atoms with Gasteiger partial charge in [-0.2, -0.15) is 0 Å². The second-order valence-corrected chi connectivity index (χ2v) is 4.07. The molecule has 0 bridgehead atoms. The third kappa shape index (κ3) is 2.57. The van der Waals surface area contributed by atoms with Gasteiger partial charge in [0.05, 0.1) is 14.2 Å². The number of carbonyl (C=O) groups is 1. The fraction of sp³-hybridized carbons (Fsp3) is 0.200. The zero-order valence-corrected chi connectivity index (χ0v) is 11.1. The Morgan fingerprint density at radius 1 is 1.11 bits per heavy atom. The maximum absolute atomic E-state index is 12.4. The molecule has 0 aliphatic carbocycles. The minimum Gasteiger partial charge on any atom is -0.496 e. The highest BCUT2D eigenvalue weighted by atomic mass is 16.5. The number of aryl methyl sites for hydroxylation is 1. The third-order valence-corrected chi connectivity index (χ3v) is 2.86. The summed E-state index contributed by atoms with van der Waals surface area (Å²) in [7, 11) is 3.12. The molecule has 0 saturated heterocycles. The van der Waals surface area contributed by atoms with E-state index in [1.807, 2.05) is 6.92 Å². The lowest BCUT2D eigenvalue weighted by molar-refractivity contribution is 0.103. The number of methoxy groups -OCH3 is 2. The molecule has 0 saturated carbocycles. The molecule has 0 N–H and O–H groups in total. The number of benzene rings is 1. The first-order chi connectivity index (χ1) is 9.17. The number of nitrogens with zero attached hydrogens (tertiary/aromatic N) is 1. The van der Waals surface area contributed by atoms with E-state index in [2.05, 4.69) is 4.98 Å². The molecule has 0 amide bonds. The molecule has 0 unspecified atom stereocenters. The van der Waals surface area contributed by atoms with Crippen LogP contribution in [0.3, 0.4) is 0 Å². The molecule has 4 nitrogen and oxygen atoms in total. The van der Waals surface area contributed by atoms with Crippen molar-refractivity contribution in [1.29, 1.82) is 0 Å². The Kier molecular flexibility index (Phi) is 3.80. The summed E-state index contributed by atoms with van der Waals surface area (Å²) in [4.78, 5) is 16.5. The number of aromatic nitrogens is 1. The van der Waals surface area contributed by atoms with Crippen molar-refractivity contribution < 1.29 is 14.3 Å². The van der Waals surface area contributed by atoms with E-state index in [9.17, 15) is 4.79 Å². The highest BCUT2D eigenvalue weighted by molar-refractivity contribution is 6.09. The molecule has 0 aliphatic heterocycles. The number of rotatable bonds is 4. The van der Waals surface area contributed by atoms with Crippen LogP contribution >= 0.6 is 0 Å². The second kappa shape index (κ2) is 5.52. The summed E-state index contributed by atoms with van der Waals surface area (Å²) in [6.45, 7) is 1.89. The van der Waals surface area contributed by atoms with Crippen molar-refractivity contribution in [3.8, 4) is 11.5 Å². The molecule has 4 heteroatoms. The molecule has 19 heavy (non-hydrogen) atoms. The molecular weight excluding hydrogens is 242 g/mol. The molecule has 0 atom stereocenters. The Bertz CT molecular complexity index is 608. The van der Waals surface area contributed by atoms with Gasteiger partial charge in [-0.3, -0.25) is 4.79 Å². The molecule has 0 fully saturated rings. The Morgan fingerprint density at radius 3 is 2.47 bits per heavy atom. The number of hydrogen-bond acceptors (Lipinski definition) is 4. The number of ether oxygens (including phenoxy) is 2. The van der Waals surface area contributed by atoms with Crippen molar-refractivity contribution in [1.82, 2.24) is 4.98 Å². The van der Waals surface area contributed by atoms with Gasteiger partial charge in [-0.15, -0.1) is 0 Å². The van der Waals surface area contributed by atoms with Crippen LogP contribution < -0.4 is 9.47 Å². The van der Waals surface area contributed by atoms with Crippen molar-refractivity contribution in [3.63, 3.8) is 0 Å². The summed E-state index contributed by atoms with van der Waals surface area (Å²) >= 11 is 0. The van der Waals surface area contributed by atoms with Crippen LogP contribution in [-0.2, 0) is 0 Å². The normalized spacial score (nSPS) is 10.1. The summed E-state index contributed by atoms with van der Waals surface area (Å²) in [6, 6.07) is 8.74. The molecule has 2 rings (SSSR count). The molecule has 1 aromatic carbocycles. The first kappa shape index (κ1) is 13.1. The van der Waals surface area contributed by atoms with Crippen LogP contribution in [0.25, 0.3) is 0 Å². The fourth-order valence-electron chi connectivity index (χ4n) is 1.88. The van der Waals surface area contributed by atoms with Crippen LogP contribution in [0.15, 0.2) is 36.5 Å². The molecule has 2 aromatic rings. The van der Waals surface area contributed by atoms with E-state index >= 15 is 0 Å². The van der Waals surface area contributed by atoms with Crippen LogP contribution in [0.2, 0.25) is 0 Å². The van der Waals surface area contributed by atoms with Crippen molar-refractivity contribution in [2.24, 2.45) is 0 Å². The first-order valence-electron chi connectivity index (χ1n) is 5.85. The number of carbonyl (C=O) groups excluding carboxylic acids is 1. The van der Waals surface area contributed by atoms with Gasteiger partial charge in [0.15, 0.2) is 5.69 Å². The zero-order chi connectivity index (χ0) is 13.8. The molecular formula is C15H15NO3. The van der Waals surface area contributed by atoms with E-state index in [0.717, 1.165) is 11.3 Å². The molecule has 1 heterocycles. The highest BCUT2D eigenvalue weighted by Crippen LogP contribution is 2.23. The molecule has 98 valence electrons. The second-order valence-electron chi connectivity index (χ2n) is 4.07. The van der Waals surface area contributed by atoms with Crippen LogP contribution in [0.1, 0.15) is 21.6 Å². The van der Waals surface area contributed by atoms with Gasteiger partial charge >= 0.3 is 0 Å². The Labute approximate surface area is 112 Å². The lowest BCUT2D eigenvalue weighted by atomic mass is 10.0. The van der Waals surface area contributed by atoms with Gasteiger partial charge in [0.2, 0.25) is 5.78 Å². The maximum atomic E-state index is 12.4. The minimum absolute atomic E-state index is 0.164. The first-order valence-corrected chi connectivity index (χ1v) is 5.85. The van der Waals surface area contributed by atoms with Gasteiger partial charge in [-0.1, -0.05) is 0 Å². The summed E-state index contributed by atoms with van der Waals surface area (Å²) < 4.78 is 10.3. The van der Waals surface area contributed by atoms with Crippen LogP contribution in [0.4, 0.5) is 0 Å². The average molecular weight is 257 g/mol. The van der Waals surface area contributed by atoms with Crippen molar-refractivity contribution in [2.45, 2.75) is 6.92 Å². The van der Waals surface area contributed by atoms with Crippen LogP contribution in [-0.4, -0.2) is 25.0 Å². The lowest BCUT2D eigenvalue weighted by Crippen LogP contribution is -2.06. The molecule has 0 aliphatic rings. The molecule has 1 aromatic heterocycles. The summed E-state index contributed by atoms with van der Waals surface area (Å²) in [5.41, 5.74) is 1.79. The van der Waals surface area contributed by atoms with Crippen LogP contribution in [0, 0.1) is 6.92 Å². The van der Waals surface area contributed by atoms with Gasteiger partial charge in [0, 0.05) is 11.8 Å². The number of ketones is 1. The fourth-order valence-corrected chi connectivity index (χ4v) is 1.88. The number of pyridine rings is 1. The summed E-state index contributed by atoms with van der Waals surface area (Å²) in [5.74, 6) is 1.06. The predicted molar refractivity (Wildman–Crippen MR) is 72.0 cm³/mol. The standard InChI is InChI=1S/C15H15NO3/c1-10-9-11(6-7-12(10)18-2)15(17)14-13(19-3)5-4-8-16-14/h4-9H,1-3H3. The van der Waals surface area contributed by atoms with Crippen molar-refractivity contribution in [2.75, 3.05) is 14.2 Å². The van der Waals surface area contributed by atoms with Crippen LogP contribution in [0.5, 0.6) is 11.5 Å². The van der Waals surface area contributed by atoms with Gasteiger partial charge in [-0.05, 0) is 42.8 Å². The number of hydrogen-bond donors (Lipinski definition) is 0. The summed E-state index contributed by atoms with van der Waals surface area (Å²) in [6.07, 6.45) is 1.58. The Hall–Kier alpha value is -2.36. The topological polar surface area (TPSA) is 48.4 Å². The maximum Gasteiger partial charge on any atom is 0.215 e. The SMILES string of the molecule is COc1ccc(C(=O)c2ncccc2OC)cc1C. The largest absolute Gasteiger partial charge is 0.496 e. The minimum atomic E-state index is -0.164. The van der Waals surface area contributed by atoms with E-state index in [0.29, 0.717) is 17.0 Å². The Morgan fingerprint density at radius 2 is 1.84 bits per heavy atom. The van der Waals surface area contributed by atoms with E-state index in [-0.39, 0.29) is 5.78 Å². The van der Waals surface area contributed by atoms with Crippen molar-refractivity contribution >= 4 is 5.78 Å². The monoisotopic (exact) mass is 257 g/mol. The Balaban J connectivity index is 2.41. The molecule has 0 spiro atoms. The lowest BCUT2D eigenvalue weighted by Gasteiger charge is -2.08. The van der Waals surface area contributed by atoms with Gasteiger partial charge < -0.3 is 9.47 Å². The van der Waals surface area contributed by atoms with E-state index in [1.54, 1.807) is 43.6 Å². The average Bonchev–Trinajstić information content (AvgIpc) is 2.46. The van der Waals surface area contributed by atoms with E-state index in [4.69, 9.17) is 9.47 Å². The van der Waals surface area contributed by atoms with E-state index in [1.165, 1.54) is 7.11 Å². The van der Waals surface area contributed by atoms with Gasteiger partial charge in [-0.25, -0.2) is 4.98 Å². The van der Waals surface area contributed by atoms with Crippen molar-refractivity contribution in [3.05, 3.63) is 53.3 Å². The third-order valence-electron chi connectivity index (χ3n) is 2.86. The molecule has 0 radical (unpaired) electrons. The van der Waals surface area contributed by atoms with Gasteiger partial charge in [0.25, 0.3) is 0 Å². The zero-order valence-electron chi connectivity index (χ0n) is 11.1. The summed E-state index contributed by atoms with van der Waals surface area (Å²) in [5, 5.41) is 0. The smallest absolute Gasteiger partial charge is 0.215 e.